The third kappa shape index (κ3) is 4.91. The number of benzene rings is 1. The molecule has 0 spiro atoms. The van der Waals surface area contributed by atoms with Gasteiger partial charge in [-0.05, 0) is 24.3 Å². The molecule has 28 heavy (non-hydrogen) atoms. The lowest BCUT2D eigenvalue weighted by Gasteiger charge is -2.09. The van der Waals surface area contributed by atoms with Gasteiger partial charge in [-0.2, -0.15) is 20.4 Å². The Morgan fingerprint density at radius 1 is 0.571 bits per heavy atom. The zero-order valence-electron chi connectivity index (χ0n) is 13.9. The van der Waals surface area contributed by atoms with Crippen LogP contribution in [0.25, 0.3) is 0 Å². The number of furan rings is 2. The average molecular weight is 456 g/mol. The highest BCUT2D eigenvalue weighted by molar-refractivity contribution is 6.51. The molecule has 0 atom stereocenters. The number of nitrogens with zero attached hydrogens (tertiary/aromatic N) is 4. The summed E-state index contributed by atoms with van der Waals surface area (Å²) < 4.78 is 10.2. The van der Waals surface area contributed by atoms with E-state index in [-0.39, 0.29) is 20.1 Å². The van der Waals surface area contributed by atoms with Crippen molar-refractivity contribution in [1.29, 1.82) is 0 Å². The van der Waals surface area contributed by atoms with Crippen LogP contribution in [0, 0.1) is 0 Å². The Bertz CT molecular complexity index is 942. The van der Waals surface area contributed by atoms with Gasteiger partial charge in [-0.1, -0.05) is 46.4 Å². The summed E-state index contributed by atoms with van der Waals surface area (Å²) in [6.07, 6.45) is 8.60. The van der Waals surface area contributed by atoms with Crippen LogP contribution in [0.1, 0.15) is 22.6 Å². The number of hydrogen-bond donors (Lipinski definition) is 0. The van der Waals surface area contributed by atoms with Crippen LogP contribution in [-0.4, -0.2) is 24.9 Å². The van der Waals surface area contributed by atoms with Crippen molar-refractivity contribution in [2.45, 2.75) is 0 Å². The predicted molar refractivity (Wildman–Crippen MR) is 114 cm³/mol. The molecule has 0 amide bonds. The van der Waals surface area contributed by atoms with E-state index in [1.165, 1.54) is 37.4 Å². The summed E-state index contributed by atoms with van der Waals surface area (Å²) >= 11 is 25.2. The lowest BCUT2D eigenvalue weighted by molar-refractivity contribution is 0.560. The molecule has 142 valence electrons. The molecule has 0 aliphatic carbocycles. The molecule has 6 nitrogen and oxygen atoms in total. The lowest BCUT2D eigenvalue weighted by atomic mass is 10.1. The molecular weight excluding hydrogens is 446 g/mol. The summed E-state index contributed by atoms with van der Waals surface area (Å²) in [5.41, 5.74) is 0.650. The molecular formula is C18H10Cl4N4O2. The van der Waals surface area contributed by atoms with Gasteiger partial charge >= 0.3 is 0 Å². The second kappa shape index (κ2) is 9.71. The molecule has 10 heteroatoms. The van der Waals surface area contributed by atoms with E-state index in [1.807, 2.05) is 0 Å². The Morgan fingerprint density at radius 3 is 1.25 bits per heavy atom. The first-order valence-electron chi connectivity index (χ1n) is 7.63. The maximum atomic E-state index is 6.30. The highest BCUT2D eigenvalue weighted by Crippen LogP contribution is 2.39. The van der Waals surface area contributed by atoms with Crippen molar-refractivity contribution < 1.29 is 8.83 Å². The van der Waals surface area contributed by atoms with Crippen LogP contribution in [0.5, 0.6) is 0 Å². The molecule has 3 aromatic rings. The van der Waals surface area contributed by atoms with Crippen LogP contribution in [0.4, 0.5) is 0 Å². The van der Waals surface area contributed by atoms with Gasteiger partial charge in [0.15, 0.2) is 0 Å². The second-order valence-corrected chi connectivity index (χ2v) is 6.60. The molecule has 2 heterocycles. The normalized spacial score (nSPS) is 12.4. The Balaban J connectivity index is 1.82. The Kier molecular flexibility index (Phi) is 7.06. The smallest absolute Gasteiger partial charge is 0.146 e. The van der Waals surface area contributed by atoms with Crippen molar-refractivity contribution >= 4 is 71.3 Å². The molecule has 0 unspecified atom stereocenters. The largest absolute Gasteiger partial charge is 0.463 e. The van der Waals surface area contributed by atoms with Gasteiger partial charge in [0, 0.05) is 11.1 Å². The standard InChI is InChI=1S/C18H10Cl4N4O2/c19-15-13(9-25-23-7-11-3-1-5-27-11)16(20)18(22)14(17(15)21)10-26-24-8-12-4-2-6-28-12/h1-10H/b23-7+,24-8+,25-9+,26-10+. The first-order chi connectivity index (χ1) is 13.6. The van der Waals surface area contributed by atoms with E-state index >= 15 is 0 Å². The van der Waals surface area contributed by atoms with Gasteiger partial charge in [-0.3, -0.25) is 0 Å². The van der Waals surface area contributed by atoms with Gasteiger partial charge < -0.3 is 8.83 Å². The van der Waals surface area contributed by atoms with E-state index in [0.29, 0.717) is 22.6 Å². The molecule has 2 aromatic heterocycles. The molecule has 0 saturated heterocycles. The molecule has 0 aliphatic heterocycles. The summed E-state index contributed by atoms with van der Waals surface area (Å²) in [5.74, 6) is 1.10. The second-order valence-electron chi connectivity index (χ2n) is 5.09. The topological polar surface area (TPSA) is 75.7 Å². The minimum Gasteiger partial charge on any atom is -0.463 e. The SMILES string of the molecule is Clc1c(Cl)c(/C=N/N=C/c2ccco2)c(Cl)c(Cl)c1/C=N/N=C/c1ccco1. The minimum absolute atomic E-state index is 0.157. The molecule has 0 radical (unpaired) electrons. The van der Waals surface area contributed by atoms with Crippen molar-refractivity contribution in [2.24, 2.45) is 20.4 Å². The zero-order chi connectivity index (χ0) is 19.9. The molecule has 0 saturated carbocycles. The molecule has 0 aliphatic rings. The maximum Gasteiger partial charge on any atom is 0.146 e. The summed E-state index contributed by atoms with van der Waals surface area (Å²) in [4.78, 5) is 0. The lowest BCUT2D eigenvalue weighted by Crippen LogP contribution is -1.95. The van der Waals surface area contributed by atoms with Gasteiger partial charge in [0.05, 0.1) is 57.5 Å². The van der Waals surface area contributed by atoms with Crippen molar-refractivity contribution in [2.75, 3.05) is 0 Å². The van der Waals surface area contributed by atoms with Crippen LogP contribution < -0.4 is 0 Å². The highest BCUT2D eigenvalue weighted by atomic mass is 35.5. The van der Waals surface area contributed by atoms with E-state index in [2.05, 4.69) is 20.4 Å². The van der Waals surface area contributed by atoms with E-state index in [4.69, 9.17) is 55.2 Å². The maximum absolute atomic E-state index is 6.30. The number of rotatable bonds is 6. The summed E-state index contributed by atoms with van der Waals surface area (Å²) in [7, 11) is 0. The molecule has 0 N–H and O–H groups in total. The minimum atomic E-state index is 0.157. The van der Waals surface area contributed by atoms with Crippen LogP contribution in [0.3, 0.4) is 0 Å². The third-order valence-electron chi connectivity index (χ3n) is 3.29. The van der Waals surface area contributed by atoms with Crippen molar-refractivity contribution in [3.63, 3.8) is 0 Å². The molecule has 1 aromatic carbocycles. The fraction of sp³-hybridized carbons (Fsp3) is 0. The van der Waals surface area contributed by atoms with Gasteiger partial charge in [-0.25, -0.2) is 0 Å². The third-order valence-corrected chi connectivity index (χ3v) is 5.06. The van der Waals surface area contributed by atoms with E-state index in [9.17, 15) is 0 Å². The van der Waals surface area contributed by atoms with Crippen molar-refractivity contribution in [3.8, 4) is 0 Å². The Hall–Kier alpha value is -2.38. The van der Waals surface area contributed by atoms with Gasteiger partial charge in [0.25, 0.3) is 0 Å². The molecule has 0 fully saturated rings. The summed E-state index contributed by atoms with van der Waals surface area (Å²) in [5, 5.41) is 16.1. The van der Waals surface area contributed by atoms with E-state index < -0.39 is 0 Å². The van der Waals surface area contributed by atoms with Crippen molar-refractivity contribution in [1.82, 2.24) is 0 Å². The Labute approximate surface area is 179 Å². The first kappa shape index (κ1) is 20.4. The summed E-state index contributed by atoms with van der Waals surface area (Å²) in [6.45, 7) is 0. The zero-order valence-corrected chi connectivity index (χ0v) is 16.9. The van der Waals surface area contributed by atoms with Gasteiger partial charge in [0.2, 0.25) is 0 Å². The van der Waals surface area contributed by atoms with E-state index in [1.54, 1.807) is 24.3 Å². The van der Waals surface area contributed by atoms with Gasteiger partial charge in [-0.15, -0.1) is 0 Å². The first-order valence-corrected chi connectivity index (χ1v) is 9.15. The van der Waals surface area contributed by atoms with Crippen LogP contribution >= 0.6 is 46.4 Å². The average Bonchev–Trinajstić information content (AvgIpc) is 3.39. The quantitative estimate of drug-likeness (QED) is 0.245. The summed E-state index contributed by atoms with van der Waals surface area (Å²) in [6, 6.07) is 6.93. The van der Waals surface area contributed by atoms with Crippen LogP contribution in [0.2, 0.25) is 20.1 Å². The van der Waals surface area contributed by atoms with Crippen LogP contribution in [-0.2, 0) is 0 Å². The fourth-order valence-electron chi connectivity index (χ4n) is 1.98. The van der Waals surface area contributed by atoms with Gasteiger partial charge in [0.1, 0.15) is 11.5 Å². The predicted octanol–water partition coefficient (Wildman–Crippen LogP) is 6.39. The molecule has 0 bridgehead atoms. The Morgan fingerprint density at radius 2 is 0.929 bits per heavy atom. The van der Waals surface area contributed by atoms with Crippen LogP contribution in [0.15, 0.2) is 66.0 Å². The monoisotopic (exact) mass is 454 g/mol. The number of halogens is 4. The highest BCUT2D eigenvalue weighted by Gasteiger charge is 2.18. The number of hydrogen-bond acceptors (Lipinski definition) is 6. The molecule has 3 rings (SSSR count). The van der Waals surface area contributed by atoms with Crippen molar-refractivity contribution in [3.05, 3.63) is 79.5 Å². The van der Waals surface area contributed by atoms with E-state index in [0.717, 1.165) is 0 Å². The fourth-order valence-corrected chi connectivity index (χ4v) is 3.06.